The SMILES string of the molecule is COc1cc(-c2cn(C)c(=O)c3ccccc23)cc(OC)c1CN(C)C. The average Bonchev–Trinajstić information content (AvgIpc) is 2.64. The lowest BCUT2D eigenvalue weighted by Gasteiger charge is -2.19. The van der Waals surface area contributed by atoms with Gasteiger partial charge in [0, 0.05) is 30.7 Å². The second-order valence-electron chi connectivity index (χ2n) is 6.60. The van der Waals surface area contributed by atoms with Gasteiger partial charge in [-0.1, -0.05) is 18.2 Å². The first-order valence-electron chi connectivity index (χ1n) is 8.44. The van der Waals surface area contributed by atoms with Crippen molar-refractivity contribution in [1.82, 2.24) is 9.47 Å². The highest BCUT2D eigenvalue weighted by molar-refractivity contribution is 5.96. The molecule has 0 saturated heterocycles. The first-order chi connectivity index (χ1) is 12.5. The zero-order valence-corrected chi connectivity index (χ0v) is 15.9. The summed E-state index contributed by atoms with van der Waals surface area (Å²) in [5, 5.41) is 1.61. The van der Waals surface area contributed by atoms with Gasteiger partial charge in [0.05, 0.1) is 19.8 Å². The van der Waals surface area contributed by atoms with Crippen LogP contribution < -0.4 is 15.0 Å². The highest BCUT2D eigenvalue weighted by atomic mass is 16.5. The van der Waals surface area contributed by atoms with Gasteiger partial charge in [-0.3, -0.25) is 4.79 Å². The van der Waals surface area contributed by atoms with Gasteiger partial charge in [-0.05, 0) is 43.2 Å². The van der Waals surface area contributed by atoms with Gasteiger partial charge in [-0.15, -0.1) is 0 Å². The van der Waals surface area contributed by atoms with Gasteiger partial charge < -0.3 is 18.9 Å². The van der Waals surface area contributed by atoms with E-state index in [0.29, 0.717) is 11.9 Å². The summed E-state index contributed by atoms with van der Waals surface area (Å²) in [4.78, 5) is 14.5. The van der Waals surface area contributed by atoms with Crippen LogP contribution in [0, 0.1) is 0 Å². The number of hydrogen-bond acceptors (Lipinski definition) is 4. The Labute approximate surface area is 153 Å². The zero-order chi connectivity index (χ0) is 18.8. The quantitative estimate of drug-likeness (QED) is 0.707. The van der Waals surface area contributed by atoms with Crippen molar-refractivity contribution in [2.45, 2.75) is 6.54 Å². The summed E-state index contributed by atoms with van der Waals surface area (Å²) >= 11 is 0. The monoisotopic (exact) mass is 352 g/mol. The second kappa shape index (κ2) is 7.22. The zero-order valence-electron chi connectivity index (χ0n) is 15.9. The largest absolute Gasteiger partial charge is 0.496 e. The molecule has 0 aliphatic carbocycles. The van der Waals surface area contributed by atoms with Crippen LogP contribution in [0.25, 0.3) is 21.9 Å². The molecule has 1 heterocycles. The van der Waals surface area contributed by atoms with Gasteiger partial charge >= 0.3 is 0 Å². The maximum atomic E-state index is 12.4. The molecule has 3 rings (SSSR count). The molecule has 0 unspecified atom stereocenters. The Hall–Kier alpha value is -2.79. The van der Waals surface area contributed by atoms with E-state index in [-0.39, 0.29) is 5.56 Å². The van der Waals surface area contributed by atoms with Crippen molar-refractivity contribution in [2.24, 2.45) is 7.05 Å². The van der Waals surface area contributed by atoms with E-state index in [1.807, 2.05) is 56.7 Å². The van der Waals surface area contributed by atoms with Crippen molar-refractivity contribution in [3.05, 3.63) is 58.5 Å². The molecule has 5 nitrogen and oxygen atoms in total. The van der Waals surface area contributed by atoms with Crippen molar-refractivity contribution in [1.29, 1.82) is 0 Å². The molecule has 0 aliphatic rings. The minimum absolute atomic E-state index is 0.00694. The van der Waals surface area contributed by atoms with Crippen molar-refractivity contribution in [3.8, 4) is 22.6 Å². The van der Waals surface area contributed by atoms with Crippen LogP contribution in [0.1, 0.15) is 5.56 Å². The normalized spacial score (nSPS) is 11.2. The molecule has 0 fully saturated rings. The molecule has 0 saturated carbocycles. The molecule has 0 atom stereocenters. The van der Waals surface area contributed by atoms with Gasteiger partial charge in [-0.25, -0.2) is 0 Å². The molecular formula is C21H24N2O3. The van der Waals surface area contributed by atoms with Gasteiger partial charge in [0.2, 0.25) is 0 Å². The third-order valence-electron chi connectivity index (χ3n) is 4.48. The van der Waals surface area contributed by atoms with E-state index in [1.165, 1.54) is 0 Å². The fourth-order valence-electron chi connectivity index (χ4n) is 3.26. The van der Waals surface area contributed by atoms with Crippen LogP contribution in [0.5, 0.6) is 11.5 Å². The molecule has 0 spiro atoms. The Kier molecular flexibility index (Phi) is 5.00. The van der Waals surface area contributed by atoms with Crippen LogP contribution in [0.15, 0.2) is 47.4 Å². The highest BCUT2D eigenvalue weighted by Gasteiger charge is 2.16. The molecule has 136 valence electrons. The van der Waals surface area contributed by atoms with E-state index in [9.17, 15) is 4.79 Å². The van der Waals surface area contributed by atoms with E-state index < -0.39 is 0 Å². The number of ether oxygens (including phenoxy) is 2. The summed E-state index contributed by atoms with van der Waals surface area (Å²) in [7, 11) is 9.11. The summed E-state index contributed by atoms with van der Waals surface area (Å²) in [5.41, 5.74) is 2.91. The Bertz CT molecular complexity index is 981. The molecule has 0 N–H and O–H groups in total. The van der Waals surface area contributed by atoms with E-state index in [1.54, 1.807) is 25.8 Å². The lowest BCUT2D eigenvalue weighted by atomic mass is 9.98. The molecule has 1 aromatic heterocycles. The minimum Gasteiger partial charge on any atom is -0.496 e. The topological polar surface area (TPSA) is 43.7 Å². The minimum atomic E-state index is -0.00694. The number of pyridine rings is 1. The summed E-state index contributed by atoms with van der Waals surface area (Å²) in [6, 6.07) is 11.7. The number of nitrogens with zero attached hydrogens (tertiary/aromatic N) is 2. The highest BCUT2D eigenvalue weighted by Crippen LogP contribution is 2.37. The summed E-state index contributed by atoms with van der Waals surface area (Å²) in [6.45, 7) is 0.709. The maximum absolute atomic E-state index is 12.4. The van der Waals surface area contributed by atoms with E-state index in [2.05, 4.69) is 4.90 Å². The summed E-state index contributed by atoms with van der Waals surface area (Å²) in [6.07, 6.45) is 1.87. The van der Waals surface area contributed by atoms with Crippen LogP contribution in [-0.2, 0) is 13.6 Å². The fourth-order valence-corrected chi connectivity index (χ4v) is 3.26. The van der Waals surface area contributed by atoms with Crippen LogP contribution in [-0.4, -0.2) is 37.8 Å². The molecule has 3 aromatic rings. The summed E-state index contributed by atoms with van der Waals surface area (Å²) < 4.78 is 12.9. The number of methoxy groups -OCH3 is 2. The van der Waals surface area contributed by atoms with Crippen LogP contribution >= 0.6 is 0 Å². The first kappa shape index (κ1) is 18.0. The predicted octanol–water partition coefficient (Wildman–Crippen LogP) is 3.28. The molecule has 0 aliphatic heterocycles. The van der Waals surface area contributed by atoms with E-state index in [4.69, 9.17) is 9.47 Å². The molecular weight excluding hydrogens is 328 g/mol. The second-order valence-corrected chi connectivity index (χ2v) is 6.60. The molecule has 0 bridgehead atoms. The van der Waals surface area contributed by atoms with E-state index in [0.717, 1.165) is 33.6 Å². The maximum Gasteiger partial charge on any atom is 0.258 e. The number of hydrogen-bond donors (Lipinski definition) is 0. The molecule has 2 aromatic carbocycles. The predicted molar refractivity (Wildman–Crippen MR) is 105 cm³/mol. The standard InChI is InChI=1S/C21H24N2O3/c1-22(2)12-18-19(25-4)10-14(11-20(18)26-5)17-13-23(3)21(24)16-9-7-6-8-15(16)17/h6-11,13H,12H2,1-5H3. The number of aryl methyl sites for hydroxylation is 1. The Morgan fingerprint density at radius 3 is 2.12 bits per heavy atom. The third kappa shape index (κ3) is 3.18. The number of rotatable bonds is 5. The van der Waals surface area contributed by atoms with Gasteiger partial charge in [0.15, 0.2) is 0 Å². The van der Waals surface area contributed by atoms with Crippen molar-refractivity contribution < 1.29 is 9.47 Å². The van der Waals surface area contributed by atoms with Gasteiger partial charge in [-0.2, -0.15) is 0 Å². The van der Waals surface area contributed by atoms with Gasteiger partial charge in [0.1, 0.15) is 11.5 Å². The number of fused-ring (bicyclic) bond motifs is 1. The number of benzene rings is 2. The van der Waals surface area contributed by atoms with Gasteiger partial charge in [0.25, 0.3) is 5.56 Å². The Morgan fingerprint density at radius 1 is 1.00 bits per heavy atom. The van der Waals surface area contributed by atoms with Crippen molar-refractivity contribution in [2.75, 3.05) is 28.3 Å². The van der Waals surface area contributed by atoms with Crippen LogP contribution in [0.3, 0.4) is 0 Å². The van der Waals surface area contributed by atoms with Crippen molar-refractivity contribution >= 4 is 10.8 Å². The Balaban J connectivity index is 2.30. The fraction of sp³-hybridized carbons (Fsp3) is 0.286. The van der Waals surface area contributed by atoms with Crippen LogP contribution in [0.4, 0.5) is 0 Å². The molecule has 5 heteroatoms. The Morgan fingerprint density at radius 2 is 1.58 bits per heavy atom. The van der Waals surface area contributed by atoms with Crippen LogP contribution in [0.2, 0.25) is 0 Å². The smallest absolute Gasteiger partial charge is 0.258 e. The number of aromatic nitrogens is 1. The third-order valence-corrected chi connectivity index (χ3v) is 4.48. The molecule has 0 radical (unpaired) electrons. The lowest BCUT2D eigenvalue weighted by Crippen LogP contribution is -2.16. The average molecular weight is 352 g/mol. The molecule has 0 amide bonds. The first-order valence-corrected chi connectivity index (χ1v) is 8.44. The van der Waals surface area contributed by atoms with E-state index >= 15 is 0 Å². The lowest BCUT2D eigenvalue weighted by molar-refractivity contribution is 0.349. The van der Waals surface area contributed by atoms with Crippen molar-refractivity contribution in [3.63, 3.8) is 0 Å². The molecule has 26 heavy (non-hydrogen) atoms. The summed E-state index contributed by atoms with van der Waals surface area (Å²) in [5.74, 6) is 1.54.